The lowest BCUT2D eigenvalue weighted by atomic mass is 10.1. The normalized spacial score (nSPS) is 11.3. The van der Waals surface area contributed by atoms with E-state index in [1.807, 2.05) is 91.5 Å². The van der Waals surface area contributed by atoms with Gasteiger partial charge in [0.05, 0.1) is 28.0 Å². The van der Waals surface area contributed by atoms with Crippen LogP contribution in [-0.2, 0) is 6.54 Å². The third kappa shape index (κ3) is 4.08. The van der Waals surface area contributed by atoms with Gasteiger partial charge in [0.1, 0.15) is 0 Å². The topological polar surface area (TPSA) is 77.0 Å². The zero-order valence-electron chi connectivity index (χ0n) is 19.3. The smallest absolute Gasteiger partial charge is 0.257 e. The highest BCUT2D eigenvalue weighted by molar-refractivity contribution is 5.97. The van der Waals surface area contributed by atoms with Gasteiger partial charge in [0.25, 0.3) is 11.6 Å². The summed E-state index contributed by atoms with van der Waals surface area (Å²) in [6.45, 7) is 4.47. The van der Waals surface area contributed by atoms with Gasteiger partial charge in [0, 0.05) is 37.1 Å². The van der Waals surface area contributed by atoms with E-state index in [4.69, 9.17) is 9.62 Å². The van der Waals surface area contributed by atoms with Crippen LogP contribution in [0.1, 0.15) is 41.4 Å². The fourth-order valence-electron chi connectivity index (χ4n) is 4.01. The molecule has 0 bridgehead atoms. The van der Waals surface area contributed by atoms with Gasteiger partial charge in [0.2, 0.25) is 0 Å². The highest BCUT2D eigenvalue weighted by Crippen LogP contribution is 2.27. The van der Waals surface area contributed by atoms with Crippen LogP contribution in [0.3, 0.4) is 0 Å². The van der Waals surface area contributed by atoms with Crippen molar-refractivity contribution in [3.63, 3.8) is 0 Å². The number of para-hydroxylation sites is 1. The van der Waals surface area contributed by atoms with E-state index >= 15 is 0 Å². The molecule has 7 heteroatoms. The molecule has 0 atom stereocenters. The molecule has 5 rings (SSSR count). The van der Waals surface area contributed by atoms with Gasteiger partial charge in [-0.25, -0.2) is 9.67 Å². The number of benzene rings is 2. The molecule has 0 unspecified atom stereocenters. The first kappa shape index (κ1) is 21.6. The van der Waals surface area contributed by atoms with E-state index in [0.29, 0.717) is 17.8 Å². The number of rotatable bonds is 6. The van der Waals surface area contributed by atoms with Gasteiger partial charge in [-0.05, 0) is 24.1 Å². The molecule has 0 spiro atoms. The fourth-order valence-corrected chi connectivity index (χ4v) is 4.01. The number of carbonyl (C=O) groups excluding carboxylic acids is 1. The lowest BCUT2D eigenvalue weighted by molar-refractivity contribution is 0.0785. The van der Waals surface area contributed by atoms with Crippen LogP contribution in [0.5, 0.6) is 0 Å². The van der Waals surface area contributed by atoms with E-state index in [1.54, 1.807) is 18.1 Å². The van der Waals surface area contributed by atoms with Gasteiger partial charge >= 0.3 is 0 Å². The maximum Gasteiger partial charge on any atom is 0.257 e. The van der Waals surface area contributed by atoms with Crippen LogP contribution in [0.15, 0.2) is 83.6 Å². The zero-order chi connectivity index (χ0) is 23.7. The summed E-state index contributed by atoms with van der Waals surface area (Å²) in [5.41, 5.74) is 5.50. The van der Waals surface area contributed by atoms with E-state index < -0.39 is 0 Å². The molecule has 2 aromatic carbocycles. The third-order valence-electron chi connectivity index (χ3n) is 5.76. The summed E-state index contributed by atoms with van der Waals surface area (Å²) in [7, 11) is 1.79. The Kier molecular flexibility index (Phi) is 5.67. The number of hydrogen-bond acceptors (Lipinski definition) is 5. The summed E-state index contributed by atoms with van der Waals surface area (Å²) in [6, 6.07) is 21.8. The van der Waals surface area contributed by atoms with Gasteiger partial charge in [0.15, 0.2) is 0 Å². The molecule has 7 nitrogen and oxygen atoms in total. The third-order valence-corrected chi connectivity index (χ3v) is 5.76. The van der Waals surface area contributed by atoms with Crippen molar-refractivity contribution < 1.29 is 9.32 Å². The number of hydrogen-bond donors (Lipinski definition) is 0. The van der Waals surface area contributed by atoms with Crippen molar-refractivity contribution in [3.8, 4) is 16.9 Å². The molecule has 1 amide bonds. The Labute approximate surface area is 197 Å². The molecule has 3 heterocycles. The van der Waals surface area contributed by atoms with Gasteiger partial charge in [-0.3, -0.25) is 4.79 Å². The van der Waals surface area contributed by atoms with Crippen molar-refractivity contribution in [1.29, 1.82) is 0 Å². The lowest BCUT2D eigenvalue weighted by Gasteiger charge is -2.17. The molecule has 5 aromatic rings. The second kappa shape index (κ2) is 8.94. The Morgan fingerprint density at radius 3 is 2.47 bits per heavy atom. The molecule has 34 heavy (non-hydrogen) atoms. The standard InChI is InChI=1S/C27H25N5O2/c1-18(2)24-23-14-20(15-28-26(23)34-30-24)27(33)31(3)16-21-17-32(22-12-8-5-9-13-22)29-25(21)19-10-6-4-7-11-19/h4-15,17-18H,16H2,1-3H3. The Balaban J connectivity index is 1.47. The molecule has 0 fully saturated rings. The van der Waals surface area contributed by atoms with Gasteiger partial charge in [-0.15, -0.1) is 0 Å². The average molecular weight is 452 g/mol. The van der Waals surface area contributed by atoms with Gasteiger partial charge < -0.3 is 9.42 Å². The fraction of sp³-hybridized carbons (Fsp3) is 0.185. The second-order valence-electron chi connectivity index (χ2n) is 8.61. The van der Waals surface area contributed by atoms with Crippen molar-refractivity contribution in [2.45, 2.75) is 26.3 Å². The molecule has 0 radical (unpaired) electrons. The van der Waals surface area contributed by atoms with Crippen molar-refractivity contribution in [3.05, 3.63) is 95.9 Å². The highest BCUT2D eigenvalue weighted by Gasteiger charge is 2.20. The van der Waals surface area contributed by atoms with E-state index in [-0.39, 0.29) is 11.8 Å². The molecule has 0 N–H and O–H groups in total. The lowest BCUT2D eigenvalue weighted by Crippen LogP contribution is -2.26. The molecule has 0 aliphatic carbocycles. The monoisotopic (exact) mass is 451 g/mol. The number of amides is 1. The minimum Gasteiger partial charge on any atom is -0.337 e. The first-order chi connectivity index (χ1) is 16.5. The van der Waals surface area contributed by atoms with E-state index in [0.717, 1.165) is 33.6 Å². The molecule has 170 valence electrons. The molecular weight excluding hydrogens is 426 g/mol. The van der Waals surface area contributed by atoms with Crippen molar-refractivity contribution in [2.24, 2.45) is 0 Å². The number of pyridine rings is 1. The molecule has 0 aliphatic heterocycles. The van der Waals surface area contributed by atoms with Crippen LogP contribution in [0.4, 0.5) is 0 Å². The first-order valence-corrected chi connectivity index (χ1v) is 11.2. The molecular formula is C27H25N5O2. The second-order valence-corrected chi connectivity index (χ2v) is 8.61. The zero-order valence-corrected chi connectivity index (χ0v) is 19.3. The van der Waals surface area contributed by atoms with Gasteiger partial charge in [-0.1, -0.05) is 67.5 Å². The largest absolute Gasteiger partial charge is 0.337 e. The predicted molar refractivity (Wildman–Crippen MR) is 131 cm³/mol. The minimum atomic E-state index is -0.128. The maximum absolute atomic E-state index is 13.3. The molecule has 0 saturated heterocycles. The van der Waals surface area contributed by atoms with E-state index in [1.165, 1.54) is 0 Å². The predicted octanol–water partition coefficient (Wildman–Crippen LogP) is 5.47. The van der Waals surface area contributed by atoms with E-state index in [9.17, 15) is 4.79 Å². The van der Waals surface area contributed by atoms with Gasteiger partial charge in [-0.2, -0.15) is 5.10 Å². The van der Waals surface area contributed by atoms with Crippen molar-refractivity contribution in [2.75, 3.05) is 7.05 Å². The minimum absolute atomic E-state index is 0.128. The molecule has 0 aliphatic rings. The highest BCUT2D eigenvalue weighted by atomic mass is 16.5. The molecule has 0 saturated carbocycles. The van der Waals surface area contributed by atoms with Crippen LogP contribution in [-0.4, -0.2) is 37.8 Å². The summed E-state index contributed by atoms with van der Waals surface area (Å²) in [5.74, 6) is 0.0418. The van der Waals surface area contributed by atoms with E-state index in [2.05, 4.69) is 10.1 Å². The van der Waals surface area contributed by atoms with Crippen LogP contribution in [0, 0.1) is 0 Å². The van der Waals surface area contributed by atoms with Crippen LogP contribution in [0.25, 0.3) is 28.0 Å². The Hall–Kier alpha value is -4.26. The summed E-state index contributed by atoms with van der Waals surface area (Å²) in [4.78, 5) is 19.3. The Bertz CT molecular complexity index is 1440. The van der Waals surface area contributed by atoms with Crippen molar-refractivity contribution >= 4 is 17.0 Å². The maximum atomic E-state index is 13.3. The quantitative estimate of drug-likeness (QED) is 0.342. The Morgan fingerprint density at radius 2 is 1.76 bits per heavy atom. The number of fused-ring (bicyclic) bond motifs is 1. The van der Waals surface area contributed by atoms with Crippen molar-refractivity contribution in [1.82, 2.24) is 24.8 Å². The number of nitrogens with zero attached hydrogens (tertiary/aromatic N) is 5. The summed E-state index contributed by atoms with van der Waals surface area (Å²) in [5, 5.41) is 9.73. The molecule has 3 aromatic heterocycles. The SMILES string of the molecule is CC(C)c1noc2ncc(C(=O)N(C)Cc3cn(-c4ccccc4)nc3-c3ccccc3)cc12. The number of carbonyl (C=O) groups is 1. The van der Waals surface area contributed by atoms with Crippen LogP contribution >= 0.6 is 0 Å². The number of aromatic nitrogens is 4. The first-order valence-electron chi connectivity index (χ1n) is 11.2. The Morgan fingerprint density at radius 1 is 1.06 bits per heavy atom. The summed E-state index contributed by atoms with van der Waals surface area (Å²) < 4.78 is 7.17. The summed E-state index contributed by atoms with van der Waals surface area (Å²) in [6.07, 6.45) is 3.53. The van der Waals surface area contributed by atoms with Crippen LogP contribution < -0.4 is 0 Å². The summed E-state index contributed by atoms with van der Waals surface area (Å²) >= 11 is 0. The van der Waals surface area contributed by atoms with Crippen LogP contribution in [0.2, 0.25) is 0 Å². The average Bonchev–Trinajstić information content (AvgIpc) is 3.49.